The molecule has 1 saturated heterocycles. The number of fused-ring (bicyclic) bond motifs is 1. The average Bonchev–Trinajstić information content (AvgIpc) is 3.28. The molecule has 1 atom stereocenters. The molecule has 10 nitrogen and oxygen atoms in total. The number of anilines is 1. The number of ether oxygens (including phenoxy) is 1. The zero-order chi connectivity index (χ0) is 25.4. The maximum atomic E-state index is 12.2. The second-order valence-corrected chi connectivity index (χ2v) is 8.93. The lowest BCUT2D eigenvalue weighted by Crippen LogP contribution is -2.40. The van der Waals surface area contributed by atoms with E-state index in [2.05, 4.69) is 16.5 Å². The second kappa shape index (κ2) is 9.29. The summed E-state index contributed by atoms with van der Waals surface area (Å²) in [5, 5.41) is 5.60. The SMILES string of the molecule is C=CC(=O)N1CCC[C@@H](n2nc(-c3ccc(Oc4ccn(C)c(=O)c4)c(C)c3)c3c(N)ncnc32)C1. The van der Waals surface area contributed by atoms with Crippen molar-refractivity contribution in [2.24, 2.45) is 7.05 Å². The number of nitrogens with zero attached hydrogens (tertiary/aromatic N) is 6. The van der Waals surface area contributed by atoms with Crippen molar-refractivity contribution in [3.05, 3.63) is 71.4 Å². The lowest BCUT2D eigenvalue weighted by atomic mass is 10.1. The maximum absolute atomic E-state index is 12.2. The van der Waals surface area contributed by atoms with Gasteiger partial charge in [0, 0.05) is 38.0 Å². The van der Waals surface area contributed by atoms with E-state index in [0.29, 0.717) is 47.1 Å². The van der Waals surface area contributed by atoms with Crippen LogP contribution in [0.25, 0.3) is 22.3 Å². The van der Waals surface area contributed by atoms with Crippen LogP contribution in [-0.2, 0) is 11.8 Å². The molecule has 1 amide bonds. The Hall–Kier alpha value is -4.47. The van der Waals surface area contributed by atoms with Gasteiger partial charge >= 0.3 is 0 Å². The molecular formula is C26H27N7O3. The van der Waals surface area contributed by atoms with Gasteiger partial charge in [0.1, 0.15) is 29.3 Å². The van der Waals surface area contributed by atoms with Gasteiger partial charge in [0.05, 0.1) is 11.4 Å². The third kappa shape index (κ3) is 4.21. The number of hydrogen-bond acceptors (Lipinski definition) is 7. The fourth-order valence-corrected chi connectivity index (χ4v) is 4.57. The van der Waals surface area contributed by atoms with E-state index >= 15 is 0 Å². The van der Waals surface area contributed by atoms with E-state index in [4.69, 9.17) is 15.6 Å². The number of amides is 1. The van der Waals surface area contributed by atoms with Gasteiger partial charge in [-0.1, -0.05) is 6.58 Å². The number of benzene rings is 1. The first-order valence-electron chi connectivity index (χ1n) is 11.7. The summed E-state index contributed by atoms with van der Waals surface area (Å²) in [6.07, 6.45) is 6.16. The summed E-state index contributed by atoms with van der Waals surface area (Å²) in [6, 6.07) is 8.85. The first kappa shape index (κ1) is 23.3. The molecule has 0 radical (unpaired) electrons. The second-order valence-electron chi connectivity index (χ2n) is 8.93. The summed E-state index contributed by atoms with van der Waals surface area (Å²) in [5.74, 6) is 1.35. The zero-order valence-corrected chi connectivity index (χ0v) is 20.2. The van der Waals surface area contributed by atoms with Crippen LogP contribution < -0.4 is 16.0 Å². The van der Waals surface area contributed by atoms with Crippen molar-refractivity contribution in [1.29, 1.82) is 0 Å². The molecule has 0 aliphatic carbocycles. The number of pyridine rings is 1. The molecule has 0 saturated carbocycles. The highest BCUT2D eigenvalue weighted by Gasteiger charge is 2.28. The van der Waals surface area contributed by atoms with Crippen molar-refractivity contribution in [2.45, 2.75) is 25.8 Å². The van der Waals surface area contributed by atoms with Gasteiger partial charge in [-0.3, -0.25) is 9.59 Å². The number of nitrogen functional groups attached to an aromatic ring is 1. The Morgan fingerprint density at radius 1 is 1.25 bits per heavy atom. The average molecular weight is 486 g/mol. The fraction of sp³-hybridized carbons (Fsp3) is 0.269. The Balaban J connectivity index is 1.52. The molecule has 36 heavy (non-hydrogen) atoms. The molecule has 184 valence electrons. The highest BCUT2D eigenvalue weighted by molar-refractivity contribution is 5.98. The molecule has 0 unspecified atom stereocenters. The number of piperidine rings is 1. The van der Waals surface area contributed by atoms with Crippen LogP contribution in [0, 0.1) is 6.92 Å². The first-order valence-corrected chi connectivity index (χ1v) is 11.7. The Bertz CT molecular complexity index is 1540. The van der Waals surface area contributed by atoms with Gasteiger partial charge < -0.3 is 19.9 Å². The standard InChI is InChI=1S/C26H27N7O3/c1-4-21(34)32-10-5-6-18(14-32)33-26-23(25(27)28-15-29-26)24(30-33)17-7-8-20(16(2)12-17)36-19-9-11-31(3)22(35)13-19/h4,7-9,11-13,15,18H,1,5-6,10,14H2,2-3H3,(H2,27,28,29)/t18-/m1/s1. The van der Waals surface area contributed by atoms with Gasteiger partial charge in [0.2, 0.25) is 5.91 Å². The Labute approximate surface area is 207 Å². The smallest absolute Gasteiger partial charge is 0.253 e. The minimum absolute atomic E-state index is 0.0439. The predicted octanol–water partition coefficient (Wildman–Crippen LogP) is 3.22. The fourth-order valence-electron chi connectivity index (χ4n) is 4.57. The summed E-state index contributed by atoms with van der Waals surface area (Å²) < 4.78 is 9.31. The number of likely N-dealkylation sites (tertiary alicyclic amines) is 1. The lowest BCUT2D eigenvalue weighted by molar-refractivity contribution is -0.127. The normalized spacial score (nSPS) is 15.7. The van der Waals surface area contributed by atoms with E-state index in [0.717, 1.165) is 24.0 Å². The third-order valence-corrected chi connectivity index (χ3v) is 6.50. The van der Waals surface area contributed by atoms with Crippen LogP contribution in [0.2, 0.25) is 0 Å². The molecule has 1 fully saturated rings. The van der Waals surface area contributed by atoms with Crippen molar-refractivity contribution in [3.8, 4) is 22.8 Å². The molecule has 4 aromatic rings. The van der Waals surface area contributed by atoms with Gasteiger partial charge in [-0.05, 0) is 55.7 Å². The van der Waals surface area contributed by atoms with E-state index in [1.54, 1.807) is 24.2 Å². The molecule has 0 bridgehead atoms. The number of carbonyl (C=O) groups is 1. The summed E-state index contributed by atoms with van der Waals surface area (Å²) in [4.78, 5) is 34.6. The summed E-state index contributed by atoms with van der Waals surface area (Å²) in [6.45, 7) is 6.75. The van der Waals surface area contributed by atoms with Crippen molar-refractivity contribution < 1.29 is 9.53 Å². The lowest BCUT2D eigenvalue weighted by Gasteiger charge is -2.32. The van der Waals surface area contributed by atoms with E-state index in [9.17, 15) is 9.59 Å². The van der Waals surface area contributed by atoms with Crippen LogP contribution in [0.4, 0.5) is 5.82 Å². The van der Waals surface area contributed by atoms with Crippen molar-refractivity contribution >= 4 is 22.8 Å². The van der Waals surface area contributed by atoms with Crippen molar-refractivity contribution in [2.75, 3.05) is 18.8 Å². The van der Waals surface area contributed by atoms with Crippen LogP contribution in [0.15, 0.2) is 60.3 Å². The van der Waals surface area contributed by atoms with Crippen molar-refractivity contribution in [3.63, 3.8) is 0 Å². The quantitative estimate of drug-likeness (QED) is 0.431. The van der Waals surface area contributed by atoms with Crippen LogP contribution in [0.1, 0.15) is 24.4 Å². The Morgan fingerprint density at radius 2 is 2.08 bits per heavy atom. The minimum atomic E-state index is -0.148. The summed E-state index contributed by atoms with van der Waals surface area (Å²) >= 11 is 0. The topological polar surface area (TPSA) is 121 Å². The van der Waals surface area contributed by atoms with Gasteiger partial charge in [0.15, 0.2) is 5.65 Å². The number of nitrogens with two attached hydrogens (primary N) is 1. The van der Waals surface area contributed by atoms with E-state index in [1.807, 2.05) is 29.8 Å². The maximum Gasteiger partial charge on any atom is 0.253 e. The van der Waals surface area contributed by atoms with Gasteiger partial charge in [0.25, 0.3) is 5.56 Å². The van der Waals surface area contributed by atoms with E-state index in [1.165, 1.54) is 23.0 Å². The molecular weight excluding hydrogens is 458 g/mol. The van der Waals surface area contributed by atoms with Gasteiger partial charge in [-0.25, -0.2) is 14.6 Å². The number of carbonyl (C=O) groups excluding carboxylic acids is 1. The number of hydrogen-bond donors (Lipinski definition) is 1. The van der Waals surface area contributed by atoms with Crippen molar-refractivity contribution in [1.82, 2.24) is 29.2 Å². The molecule has 3 aromatic heterocycles. The van der Waals surface area contributed by atoms with Gasteiger partial charge in [-0.15, -0.1) is 0 Å². The Morgan fingerprint density at radius 3 is 2.83 bits per heavy atom. The highest BCUT2D eigenvalue weighted by Crippen LogP contribution is 2.36. The largest absolute Gasteiger partial charge is 0.457 e. The third-order valence-electron chi connectivity index (χ3n) is 6.50. The van der Waals surface area contributed by atoms with E-state index < -0.39 is 0 Å². The zero-order valence-electron chi connectivity index (χ0n) is 20.2. The first-order chi connectivity index (χ1) is 17.4. The molecule has 1 aliphatic rings. The molecule has 1 aliphatic heterocycles. The monoisotopic (exact) mass is 485 g/mol. The summed E-state index contributed by atoms with van der Waals surface area (Å²) in [5.41, 5.74) is 9.15. The molecule has 5 rings (SSSR count). The number of aryl methyl sites for hydroxylation is 2. The molecule has 1 aromatic carbocycles. The highest BCUT2D eigenvalue weighted by atomic mass is 16.5. The number of rotatable bonds is 5. The minimum Gasteiger partial charge on any atom is -0.457 e. The number of aromatic nitrogens is 5. The summed E-state index contributed by atoms with van der Waals surface area (Å²) in [7, 11) is 1.69. The van der Waals surface area contributed by atoms with Gasteiger partial charge in [-0.2, -0.15) is 5.10 Å². The molecule has 10 heteroatoms. The van der Waals surface area contributed by atoms with Crippen LogP contribution in [0.5, 0.6) is 11.5 Å². The van der Waals surface area contributed by atoms with Crippen LogP contribution in [0.3, 0.4) is 0 Å². The molecule has 0 spiro atoms. The van der Waals surface area contributed by atoms with Crippen LogP contribution >= 0.6 is 0 Å². The Kier molecular flexibility index (Phi) is 6.01. The van der Waals surface area contributed by atoms with E-state index in [-0.39, 0.29) is 17.5 Å². The predicted molar refractivity (Wildman–Crippen MR) is 137 cm³/mol. The van der Waals surface area contributed by atoms with Crippen LogP contribution in [-0.4, -0.2) is 48.2 Å². The molecule has 2 N–H and O–H groups in total. The molecule has 4 heterocycles.